The smallest absolute Gasteiger partial charge is 0.341 e. The van der Waals surface area contributed by atoms with Gasteiger partial charge in [-0.3, -0.25) is 4.98 Å². The number of aromatic nitrogens is 3. The van der Waals surface area contributed by atoms with E-state index in [-0.39, 0.29) is 30.4 Å². The highest BCUT2D eigenvalue weighted by molar-refractivity contribution is 7.89. The molecule has 0 unspecified atom stereocenters. The summed E-state index contributed by atoms with van der Waals surface area (Å²) in [5, 5.41) is 13.0. The number of pyridine rings is 1. The van der Waals surface area contributed by atoms with Crippen molar-refractivity contribution in [3.05, 3.63) is 103 Å². The molecule has 0 amide bonds. The zero-order valence-electron chi connectivity index (χ0n) is 18.5. The summed E-state index contributed by atoms with van der Waals surface area (Å²) in [6.07, 6.45) is 6.34. The second-order valence-electron chi connectivity index (χ2n) is 7.41. The van der Waals surface area contributed by atoms with Crippen LogP contribution in [-0.2, 0) is 27.9 Å². The monoisotopic (exact) mass is 514 g/mol. The Hall–Kier alpha value is -3.73. The lowest BCUT2D eigenvalue weighted by atomic mass is 10.2. The lowest BCUT2D eigenvalue weighted by molar-refractivity contribution is -0.139. The minimum Gasteiger partial charge on any atom is -0.482 e. The van der Waals surface area contributed by atoms with Gasteiger partial charge in [0.2, 0.25) is 10.0 Å². The quantitative estimate of drug-likeness (QED) is 0.344. The molecule has 0 aliphatic heterocycles. The standard InChI is InChI=1S/C24H22N4O5S.ClH/c29-24(30)18-33-22-5-1-4-20(14-22)17-27(34(31,32)23-6-2-11-25-15-23)16-19-7-9-21(10-8-19)28-13-3-12-26-28;/h1-15H,16-18H2,(H,29,30);1H. The molecule has 0 bridgehead atoms. The number of nitrogens with zero attached hydrogens (tertiary/aromatic N) is 4. The van der Waals surface area contributed by atoms with Crippen LogP contribution in [0.2, 0.25) is 0 Å². The molecule has 4 aromatic rings. The van der Waals surface area contributed by atoms with Gasteiger partial charge in [0.15, 0.2) is 6.61 Å². The van der Waals surface area contributed by atoms with Gasteiger partial charge in [0, 0.05) is 37.9 Å². The molecule has 4 rings (SSSR count). The first kappa shape index (κ1) is 25.9. The zero-order valence-corrected chi connectivity index (χ0v) is 20.1. The molecule has 0 aliphatic rings. The number of benzene rings is 2. The van der Waals surface area contributed by atoms with Gasteiger partial charge in [0.05, 0.1) is 5.69 Å². The van der Waals surface area contributed by atoms with E-state index in [1.54, 1.807) is 41.2 Å². The Morgan fingerprint density at radius 1 is 0.971 bits per heavy atom. The Labute approximate surface area is 209 Å². The van der Waals surface area contributed by atoms with Crippen molar-refractivity contribution in [1.29, 1.82) is 0 Å². The number of carboxylic acid groups (broad SMARTS) is 1. The number of aliphatic carboxylic acids is 1. The molecule has 0 aliphatic carbocycles. The largest absolute Gasteiger partial charge is 0.482 e. The van der Waals surface area contributed by atoms with Gasteiger partial charge in [-0.15, -0.1) is 12.4 Å². The molecule has 11 heteroatoms. The first-order valence-corrected chi connectivity index (χ1v) is 11.8. The molecule has 0 radical (unpaired) electrons. The maximum absolute atomic E-state index is 13.5. The Kier molecular flexibility index (Phi) is 8.58. The van der Waals surface area contributed by atoms with Gasteiger partial charge in [0.1, 0.15) is 10.6 Å². The summed E-state index contributed by atoms with van der Waals surface area (Å²) in [5.74, 6) is -0.744. The van der Waals surface area contributed by atoms with Crippen molar-refractivity contribution >= 4 is 28.4 Å². The average Bonchev–Trinajstić information content (AvgIpc) is 3.39. The number of carboxylic acids is 1. The molecule has 2 heterocycles. The Morgan fingerprint density at radius 2 is 1.74 bits per heavy atom. The maximum Gasteiger partial charge on any atom is 0.341 e. The van der Waals surface area contributed by atoms with Crippen molar-refractivity contribution in [2.24, 2.45) is 0 Å². The zero-order chi connectivity index (χ0) is 24.0. The van der Waals surface area contributed by atoms with Crippen LogP contribution in [0.25, 0.3) is 5.69 Å². The number of hydrogen-bond donors (Lipinski definition) is 1. The molecule has 9 nitrogen and oxygen atoms in total. The number of halogens is 1. The fourth-order valence-corrected chi connectivity index (χ4v) is 4.72. The summed E-state index contributed by atoms with van der Waals surface area (Å²) in [6, 6.07) is 19.1. The number of ether oxygens (including phenoxy) is 1. The van der Waals surface area contributed by atoms with Crippen molar-refractivity contribution in [1.82, 2.24) is 19.1 Å². The topological polar surface area (TPSA) is 115 Å². The first-order chi connectivity index (χ1) is 16.4. The highest BCUT2D eigenvalue weighted by atomic mass is 35.5. The summed E-state index contributed by atoms with van der Waals surface area (Å²) in [4.78, 5) is 14.8. The van der Waals surface area contributed by atoms with E-state index in [9.17, 15) is 13.2 Å². The third-order valence-corrected chi connectivity index (χ3v) is 6.73. The molecule has 0 saturated heterocycles. The summed E-state index contributed by atoms with van der Waals surface area (Å²) in [5.41, 5.74) is 2.31. The molecule has 182 valence electrons. The van der Waals surface area contributed by atoms with E-state index in [2.05, 4.69) is 10.1 Å². The maximum atomic E-state index is 13.5. The summed E-state index contributed by atoms with van der Waals surface area (Å²) in [6.45, 7) is -0.303. The van der Waals surface area contributed by atoms with E-state index in [1.165, 1.54) is 22.8 Å². The fourth-order valence-electron chi connectivity index (χ4n) is 3.34. The van der Waals surface area contributed by atoms with E-state index in [4.69, 9.17) is 9.84 Å². The number of carbonyl (C=O) groups is 1. The summed E-state index contributed by atoms with van der Waals surface area (Å²) in [7, 11) is -3.87. The van der Waals surface area contributed by atoms with E-state index in [1.807, 2.05) is 36.5 Å². The van der Waals surface area contributed by atoms with E-state index in [0.29, 0.717) is 11.3 Å². The first-order valence-electron chi connectivity index (χ1n) is 10.3. The van der Waals surface area contributed by atoms with Gasteiger partial charge in [-0.05, 0) is 53.6 Å². The SMILES string of the molecule is Cl.O=C(O)COc1cccc(CN(Cc2ccc(-n3cccn3)cc2)S(=O)(=O)c2cccnc2)c1. The van der Waals surface area contributed by atoms with Gasteiger partial charge in [-0.1, -0.05) is 24.3 Å². The van der Waals surface area contributed by atoms with Crippen molar-refractivity contribution in [3.8, 4) is 11.4 Å². The van der Waals surface area contributed by atoms with Crippen molar-refractivity contribution in [2.75, 3.05) is 6.61 Å². The molecule has 0 fully saturated rings. The Balaban J connectivity index is 0.00000342. The van der Waals surface area contributed by atoms with Crippen LogP contribution in [0.15, 0.2) is 96.4 Å². The van der Waals surface area contributed by atoms with Crippen LogP contribution >= 0.6 is 12.4 Å². The predicted octanol–water partition coefficient (Wildman–Crippen LogP) is 3.54. The molecule has 0 atom stereocenters. The number of hydrogen-bond acceptors (Lipinski definition) is 6. The summed E-state index contributed by atoms with van der Waals surface area (Å²) >= 11 is 0. The molecular weight excluding hydrogens is 492 g/mol. The summed E-state index contributed by atoms with van der Waals surface area (Å²) < 4.78 is 35.2. The van der Waals surface area contributed by atoms with Crippen LogP contribution < -0.4 is 4.74 Å². The van der Waals surface area contributed by atoms with Gasteiger partial charge in [0.25, 0.3) is 0 Å². The molecule has 2 aromatic heterocycles. The fraction of sp³-hybridized carbons (Fsp3) is 0.125. The highest BCUT2D eigenvalue weighted by Gasteiger charge is 2.25. The van der Waals surface area contributed by atoms with Crippen LogP contribution in [-0.4, -0.2) is 45.2 Å². The molecule has 35 heavy (non-hydrogen) atoms. The average molecular weight is 515 g/mol. The second-order valence-corrected chi connectivity index (χ2v) is 9.35. The van der Waals surface area contributed by atoms with Crippen LogP contribution in [0.1, 0.15) is 11.1 Å². The third-order valence-electron chi connectivity index (χ3n) is 4.96. The van der Waals surface area contributed by atoms with Crippen LogP contribution in [0.3, 0.4) is 0 Å². The van der Waals surface area contributed by atoms with Crippen LogP contribution in [0.4, 0.5) is 0 Å². The molecule has 1 N–H and O–H groups in total. The minimum absolute atomic E-state index is 0. The van der Waals surface area contributed by atoms with Crippen molar-refractivity contribution < 1.29 is 23.1 Å². The predicted molar refractivity (Wildman–Crippen MR) is 131 cm³/mol. The minimum atomic E-state index is -3.87. The number of rotatable bonds is 10. The van der Waals surface area contributed by atoms with E-state index in [0.717, 1.165) is 11.3 Å². The van der Waals surface area contributed by atoms with Crippen LogP contribution in [0.5, 0.6) is 5.75 Å². The third kappa shape index (κ3) is 6.66. The lowest BCUT2D eigenvalue weighted by Crippen LogP contribution is -2.30. The van der Waals surface area contributed by atoms with E-state index >= 15 is 0 Å². The Morgan fingerprint density at radius 3 is 2.40 bits per heavy atom. The van der Waals surface area contributed by atoms with Gasteiger partial charge >= 0.3 is 5.97 Å². The van der Waals surface area contributed by atoms with Crippen LogP contribution in [0, 0.1) is 0 Å². The second kappa shape index (κ2) is 11.6. The lowest BCUT2D eigenvalue weighted by Gasteiger charge is -2.23. The molecule has 0 saturated carbocycles. The molecular formula is C24H23ClN4O5S. The molecule has 0 spiro atoms. The normalized spacial score (nSPS) is 11.1. The van der Waals surface area contributed by atoms with Crippen molar-refractivity contribution in [2.45, 2.75) is 18.0 Å². The molecule has 2 aromatic carbocycles. The van der Waals surface area contributed by atoms with Gasteiger partial charge in [-0.2, -0.15) is 9.40 Å². The Bertz CT molecular complexity index is 1350. The van der Waals surface area contributed by atoms with Gasteiger partial charge in [-0.25, -0.2) is 17.9 Å². The van der Waals surface area contributed by atoms with E-state index < -0.39 is 22.6 Å². The number of sulfonamides is 1. The van der Waals surface area contributed by atoms with Crippen molar-refractivity contribution in [3.63, 3.8) is 0 Å². The highest BCUT2D eigenvalue weighted by Crippen LogP contribution is 2.23. The van der Waals surface area contributed by atoms with Gasteiger partial charge < -0.3 is 9.84 Å².